The Balaban J connectivity index is 1.40. The number of hydrogen-bond donors (Lipinski definition) is 2. The van der Waals surface area contributed by atoms with E-state index in [4.69, 9.17) is 4.98 Å². The maximum atomic E-state index is 12.0. The summed E-state index contributed by atoms with van der Waals surface area (Å²) in [5.41, 5.74) is 4.97. The van der Waals surface area contributed by atoms with E-state index in [0.29, 0.717) is 13.0 Å². The zero-order valence-corrected chi connectivity index (χ0v) is 16.4. The van der Waals surface area contributed by atoms with Crippen molar-refractivity contribution in [3.8, 4) is 0 Å². The Hall–Kier alpha value is -1.92. The van der Waals surface area contributed by atoms with E-state index in [1.54, 1.807) is 0 Å². The van der Waals surface area contributed by atoms with E-state index in [1.165, 1.54) is 11.1 Å². The molecule has 1 aromatic carbocycles. The molecule has 0 bridgehead atoms. The van der Waals surface area contributed by atoms with E-state index in [0.717, 1.165) is 62.3 Å². The number of nitrogens with zero attached hydrogens (tertiary/aromatic N) is 3. The smallest absolute Gasteiger partial charge is 0.222 e. The highest BCUT2D eigenvalue weighted by atomic mass is 16.3. The molecule has 2 aliphatic heterocycles. The van der Waals surface area contributed by atoms with E-state index in [2.05, 4.69) is 35.9 Å². The van der Waals surface area contributed by atoms with E-state index >= 15 is 0 Å². The topological polar surface area (TPSA) is 72.5 Å². The number of fused-ring (bicyclic) bond motifs is 1. The molecule has 6 nitrogen and oxygen atoms in total. The molecule has 3 heterocycles. The summed E-state index contributed by atoms with van der Waals surface area (Å²) in [6.45, 7) is 8.52. The molecule has 6 heteroatoms. The number of aliphatic hydroxyl groups is 1. The van der Waals surface area contributed by atoms with Crippen molar-refractivity contribution in [3.05, 3.63) is 29.1 Å². The standard InChI is InChI=1S/C21H30N4O2/c1-15-3-4-17-20(16(15)2)23-18(22-17)13-24-9-7-21(8-10-24)6-5-19(27)25(14-21)11-12-26/h3-4,26H,5-14H2,1-2H3,(H,22,23). The molecule has 1 amide bonds. The Bertz CT molecular complexity index is 836. The van der Waals surface area contributed by atoms with Crippen LogP contribution < -0.4 is 0 Å². The molecule has 2 aromatic rings. The van der Waals surface area contributed by atoms with Crippen molar-refractivity contribution in [2.75, 3.05) is 32.8 Å². The number of benzene rings is 1. The number of carbonyl (C=O) groups is 1. The minimum absolute atomic E-state index is 0.0545. The lowest BCUT2D eigenvalue weighted by Crippen LogP contribution is -2.51. The van der Waals surface area contributed by atoms with E-state index in [9.17, 15) is 9.90 Å². The molecule has 1 aromatic heterocycles. The normalized spacial score (nSPS) is 20.7. The predicted octanol–water partition coefficient (Wildman–Crippen LogP) is 2.38. The lowest BCUT2D eigenvalue weighted by molar-refractivity contribution is -0.139. The van der Waals surface area contributed by atoms with Gasteiger partial charge in [0.15, 0.2) is 0 Å². The summed E-state index contributed by atoms with van der Waals surface area (Å²) in [4.78, 5) is 24.7. The van der Waals surface area contributed by atoms with Crippen LogP contribution in [0.2, 0.25) is 0 Å². The van der Waals surface area contributed by atoms with Gasteiger partial charge in [-0.05, 0) is 68.8 Å². The maximum Gasteiger partial charge on any atom is 0.222 e. The van der Waals surface area contributed by atoms with Gasteiger partial charge in [0.2, 0.25) is 5.91 Å². The second-order valence-corrected chi connectivity index (χ2v) is 8.40. The van der Waals surface area contributed by atoms with Gasteiger partial charge in [0.05, 0.1) is 24.2 Å². The van der Waals surface area contributed by atoms with Crippen molar-refractivity contribution in [1.29, 1.82) is 0 Å². The lowest BCUT2D eigenvalue weighted by atomic mass is 9.72. The minimum atomic E-state index is 0.0545. The van der Waals surface area contributed by atoms with Crippen LogP contribution in [0.1, 0.15) is 42.6 Å². The zero-order valence-electron chi connectivity index (χ0n) is 16.4. The Morgan fingerprint density at radius 1 is 1.22 bits per heavy atom. The number of piperidine rings is 2. The number of carbonyl (C=O) groups excluding carboxylic acids is 1. The van der Waals surface area contributed by atoms with E-state index < -0.39 is 0 Å². The monoisotopic (exact) mass is 370 g/mol. The molecule has 2 fully saturated rings. The Morgan fingerprint density at radius 3 is 2.74 bits per heavy atom. The van der Waals surface area contributed by atoms with Gasteiger partial charge < -0.3 is 15.0 Å². The summed E-state index contributed by atoms with van der Waals surface area (Å²) in [7, 11) is 0. The SMILES string of the molecule is Cc1ccc2[nH]c(CN3CCC4(CCC(=O)N(CCO)C4)CC3)nc2c1C. The molecule has 0 atom stereocenters. The van der Waals surface area contributed by atoms with Crippen molar-refractivity contribution < 1.29 is 9.90 Å². The predicted molar refractivity (Wildman–Crippen MR) is 105 cm³/mol. The van der Waals surface area contributed by atoms with Crippen LogP contribution in [0.4, 0.5) is 0 Å². The fourth-order valence-corrected chi connectivity index (χ4v) is 4.67. The number of aromatic nitrogens is 2. The van der Waals surface area contributed by atoms with Crippen LogP contribution in [0.3, 0.4) is 0 Å². The number of H-pyrrole nitrogens is 1. The highest BCUT2D eigenvalue weighted by molar-refractivity contribution is 5.79. The van der Waals surface area contributed by atoms with Gasteiger partial charge in [-0.25, -0.2) is 4.98 Å². The molecule has 2 N–H and O–H groups in total. The zero-order chi connectivity index (χ0) is 19.0. The number of aromatic amines is 1. The molecular weight excluding hydrogens is 340 g/mol. The van der Waals surface area contributed by atoms with Gasteiger partial charge in [-0.15, -0.1) is 0 Å². The van der Waals surface area contributed by atoms with Gasteiger partial charge in [-0.1, -0.05) is 6.07 Å². The van der Waals surface area contributed by atoms with Crippen LogP contribution in [0.15, 0.2) is 12.1 Å². The molecule has 0 aliphatic carbocycles. The third kappa shape index (κ3) is 3.60. The van der Waals surface area contributed by atoms with Crippen molar-refractivity contribution >= 4 is 16.9 Å². The van der Waals surface area contributed by atoms with Crippen LogP contribution >= 0.6 is 0 Å². The molecule has 0 saturated carbocycles. The maximum absolute atomic E-state index is 12.0. The van der Waals surface area contributed by atoms with Crippen LogP contribution in [0.25, 0.3) is 11.0 Å². The third-order valence-corrected chi connectivity index (χ3v) is 6.64. The number of likely N-dealkylation sites (tertiary alicyclic amines) is 2. The van der Waals surface area contributed by atoms with Gasteiger partial charge >= 0.3 is 0 Å². The van der Waals surface area contributed by atoms with Crippen molar-refractivity contribution in [3.63, 3.8) is 0 Å². The quantitative estimate of drug-likeness (QED) is 0.867. The summed E-state index contributed by atoms with van der Waals surface area (Å²) >= 11 is 0. The molecule has 1 spiro atoms. The molecule has 2 aliphatic rings. The second kappa shape index (κ2) is 7.24. The van der Waals surface area contributed by atoms with Crippen LogP contribution in [0, 0.1) is 19.3 Å². The van der Waals surface area contributed by atoms with Gasteiger partial charge in [-0.3, -0.25) is 9.69 Å². The van der Waals surface area contributed by atoms with Gasteiger partial charge in [0.1, 0.15) is 5.82 Å². The summed E-state index contributed by atoms with van der Waals surface area (Å²) in [6, 6.07) is 4.26. The number of hydrogen-bond acceptors (Lipinski definition) is 4. The number of β-amino-alcohol motifs (C(OH)–C–C–N with tert-alkyl or cyclic N) is 1. The van der Waals surface area contributed by atoms with Gasteiger partial charge in [-0.2, -0.15) is 0 Å². The Labute approximate surface area is 160 Å². The highest BCUT2D eigenvalue weighted by Gasteiger charge is 2.40. The molecular formula is C21H30N4O2. The molecule has 27 heavy (non-hydrogen) atoms. The first kappa shape index (κ1) is 18.4. The Kier molecular flexibility index (Phi) is 4.95. The van der Waals surface area contributed by atoms with E-state index in [1.807, 2.05) is 4.90 Å². The number of imidazole rings is 1. The summed E-state index contributed by atoms with van der Waals surface area (Å²) in [5, 5.41) is 9.21. The fraction of sp³-hybridized carbons (Fsp3) is 0.619. The molecule has 4 rings (SSSR count). The number of nitrogens with one attached hydrogen (secondary N) is 1. The van der Waals surface area contributed by atoms with Crippen LogP contribution in [-0.4, -0.2) is 63.6 Å². The first-order valence-electron chi connectivity index (χ1n) is 10.1. The average molecular weight is 370 g/mol. The second-order valence-electron chi connectivity index (χ2n) is 8.40. The van der Waals surface area contributed by atoms with Crippen LogP contribution in [0.5, 0.6) is 0 Å². The minimum Gasteiger partial charge on any atom is -0.395 e. The fourth-order valence-electron chi connectivity index (χ4n) is 4.67. The number of rotatable bonds is 4. The van der Waals surface area contributed by atoms with Crippen molar-refractivity contribution in [1.82, 2.24) is 19.8 Å². The summed E-state index contributed by atoms with van der Waals surface area (Å²) < 4.78 is 0. The Morgan fingerprint density at radius 2 is 2.00 bits per heavy atom. The molecule has 146 valence electrons. The van der Waals surface area contributed by atoms with Crippen molar-refractivity contribution in [2.45, 2.75) is 46.1 Å². The molecule has 0 radical (unpaired) electrons. The lowest BCUT2D eigenvalue weighted by Gasteiger charge is -2.47. The largest absolute Gasteiger partial charge is 0.395 e. The first-order valence-corrected chi connectivity index (χ1v) is 10.1. The third-order valence-electron chi connectivity index (χ3n) is 6.64. The summed E-state index contributed by atoms with van der Waals surface area (Å²) in [5.74, 6) is 1.24. The molecule has 0 unspecified atom stereocenters. The van der Waals surface area contributed by atoms with E-state index in [-0.39, 0.29) is 17.9 Å². The van der Waals surface area contributed by atoms with Crippen LogP contribution in [-0.2, 0) is 11.3 Å². The van der Waals surface area contributed by atoms with Gasteiger partial charge in [0, 0.05) is 19.5 Å². The highest BCUT2D eigenvalue weighted by Crippen LogP contribution is 2.40. The first-order chi connectivity index (χ1) is 13.0. The number of amides is 1. The summed E-state index contributed by atoms with van der Waals surface area (Å²) in [6.07, 6.45) is 3.84. The molecule has 2 saturated heterocycles. The number of aryl methyl sites for hydroxylation is 2. The number of aliphatic hydroxyl groups excluding tert-OH is 1. The van der Waals surface area contributed by atoms with Gasteiger partial charge in [0.25, 0.3) is 0 Å². The van der Waals surface area contributed by atoms with Crippen molar-refractivity contribution in [2.24, 2.45) is 5.41 Å². The average Bonchev–Trinajstić information content (AvgIpc) is 3.07.